The van der Waals surface area contributed by atoms with Crippen molar-refractivity contribution in [1.82, 2.24) is 16.0 Å². The van der Waals surface area contributed by atoms with E-state index < -0.39 is 41.5 Å². The van der Waals surface area contributed by atoms with Crippen LogP contribution in [0.15, 0.2) is 72.8 Å². The molecule has 3 amide bonds. The van der Waals surface area contributed by atoms with Crippen LogP contribution in [0.4, 0.5) is 13.2 Å². The van der Waals surface area contributed by atoms with Gasteiger partial charge in [0.25, 0.3) is 0 Å². The lowest BCUT2D eigenvalue weighted by Crippen LogP contribution is -2.55. The Morgan fingerprint density at radius 1 is 0.776 bits per heavy atom. The van der Waals surface area contributed by atoms with Crippen molar-refractivity contribution in [2.24, 2.45) is 0 Å². The first-order valence-electron chi connectivity index (χ1n) is 15.9. The van der Waals surface area contributed by atoms with Crippen LogP contribution in [-0.2, 0) is 56.2 Å². The minimum atomic E-state index is -4.52. The van der Waals surface area contributed by atoms with Gasteiger partial charge in [0.15, 0.2) is 0 Å². The number of alkyl halides is 3. The van der Waals surface area contributed by atoms with Crippen molar-refractivity contribution in [2.75, 3.05) is 19.8 Å². The Balaban J connectivity index is 1.83. The Morgan fingerprint density at radius 3 is 2.10 bits per heavy atom. The number of hydrogen-bond donors (Lipinski definition) is 5. The quantitative estimate of drug-likeness (QED) is 0.0640. The van der Waals surface area contributed by atoms with Crippen LogP contribution < -0.4 is 20.7 Å². The van der Waals surface area contributed by atoms with Crippen molar-refractivity contribution < 1.29 is 52.6 Å². The van der Waals surface area contributed by atoms with Crippen molar-refractivity contribution >= 4 is 17.7 Å². The monoisotopic (exact) mass is 689 g/mol. The second kappa shape index (κ2) is 20.1. The van der Waals surface area contributed by atoms with Crippen molar-refractivity contribution in [3.05, 3.63) is 101 Å². The highest BCUT2D eigenvalue weighted by Gasteiger charge is 2.30. The van der Waals surface area contributed by atoms with E-state index in [4.69, 9.17) is 15.3 Å². The molecule has 0 aliphatic carbocycles. The third-order valence-electron chi connectivity index (χ3n) is 7.51. The highest BCUT2D eigenvalue weighted by molar-refractivity contribution is 5.92. The first-order valence-corrected chi connectivity index (χ1v) is 15.9. The van der Waals surface area contributed by atoms with Crippen LogP contribution >= 0.6 is 0 Å². The van der Waals surface area contributed by atoms with Crippen LogP contribution in [0, 0.1) is 0 Å². The van der Waals surface area contributed by atoms with Gasteiger partial charge < -0.3 is 20.7 Å². The first kappa shape index (κ1) is 38.9. The average Bonchev–Trinajstić information content (AvgIpc) is 3.07. The second-order valence-corrected chi connectivity index (χ2v) is 11.3. The molecule has 3 aromatic carbocycles. The molecule has 0 spiro atoms. The zero-order valence-corrected chi connectivity index (χ0v) is 27.1. The first-order chi connectivity index (χ1) is 23.5. The van der Waals surface area contributed by atoms with E-state index in [1.807, 2.05) is 6.92 Å². The predicted molar refractivity (Wildman–Crippen MR) is 173 cm³/mol. The number of carbonyl (C=O) groups is 3. The van der Waals surface area contributed by atoms with E-state index in [-0.39, 0.29) is 39.1 Å². The molecule has 11 nitrogen and oxygen atoms in total. The van der Waals surface area contributed by atoms with Gasteiger partial charge in [-0.15, -0.1) is 0 Å². The van der Waals surface area contributed by atoms with Crippen LogP contribution in [-0.4, -0.2) is 60.1 Å². The number of nitrogens with one attached hydrogen (secondary N) is 3. The number of hydrogen-bond acceptors (Lipinski definition) is 8. The van der Waals surface area contributed by atoms with Gasteiger partial charge in [0.2, 0.25) is 17.7 Å². The molecule has 0 saturated carbocycles. The largest absolute Gasteiger partial charge is 0.491 e. The SMILES string of the molecule is CCCCCNC(=O)C(Cc1ccc(OCCOO)c(COO)c1)NC(=O)C(Cc1ccccc1)NC(=O)Cc1ccc(C(F)(F)F)cc1. The molecule has 49 heavy (non-hydrogen) atoms. The molecule has 0 fully saturated rings. The normalized spacial score (nSPS) is 12.5. The van der Waals surface area contributed by atoms with Crippen molar-refractivity contribution in [3.63, 3.8) is 0 Å². The summed E-state index contributed by atoms with van der Waals surface area (Å²) in [5.74, 6) is -1.33. The summed E-state index contributed by atoms with van der Waals surface area (Å²) in [7, 11) is 0. The zero-order valence-electron chi connectivity index (χ0n) is 27.1. The average molecular weight is 690 g/mol. The number of unbranched alkanes of at least 4 members (excludes halogenated alkanes) is 2. The fourth-order valence-electron chi connectivity index (χ4n) is 5.00. The van der Waals surface area contributed by atoms with Crippen LogP contribution in [0.3, 0.4) is 0 Å². The highest BCUT2D eigenvalue weighted by Crippen LogP contribution is 2.29. The Labute approximate surface area is 282 Å². The van der Waals surface area contributed by atoms with E-state index in [1.54, 1.807) is 48.5 Å². The van der Waals surface area contributed by atoms with Gasteiger partial charge in [0, 0.05) is 24.9 Å². The van der Waals surface area contributed by atoms with Gasteiger partial charge in [-0.25, -0.2) is 9.78 Å². The highest BCUT2D eigenvalue weighted by atomic mass is 19.4. The molecule has 2 unspecified atom stereocenters. The lowest BCUT2D eigenvalue weighted by molar-refractivity contribution is -0.253. The molecule has 0 aliphatic heterocycles. The second-order valence-electron chi connectivity index (χ2n) is 11.3. The molecular weight excluding hydrogens is 647 g/mol. The Morgan fingerprint density at radius 2 is 1.45 bits per heavy atom. The lowest BCUT2D eigenvalue weighted by atomic mass is 10.0. The molecule has 14 heteroatoms. The van der Waals surface area contributed by atoms with Gasteiger partial charge in [0.05, 0.1) is 12.0 Å². The molecule has 3 aromatic rings. The molecule has 266 valence electrons. The molecule has 0 heterocycles. The Hall–Kier alpha value is -4.50. The molecule has 0 saturated heterocycles. The van der Waals surface area contributed by atoms with Crippen LogP contribution in [0.5, 0.6) is 5.75 Å². The summed E-state index contributed by atoms with van der Waals surface area (Å²) in [4.78, 5) is 48.6. The van der Waals surface area contributed by atoms with E-state index in [0.717, 1.165) is 37.0 Å². The van der Waals surface area contributed by atoms with Crippen molar-refractivity contribution in [2.45, 2.75) is 70.3 Å². The smallest absolute Gasteiger partial charge is 0.416 e. The van der Waals surface area contributed by atoms with Crippen molar-refractivity contribution in [1.29, 1.82) is 0 Å². The fraction of sp³-hybridized carbons (Fsp3) is 0.400. The van der Waals surface area contributed by atoms with Gasteiger partial charge >= 0.3 is 6.18 Å². The molecule has 3 rings (SSSR count). The minimum Gasteiger partial charge on any atom is -0.491 e. The zero-order chi connectivity index (χ0) is 35.6. The number of rotatable bonds is 20. The topological polar surface area (TPSA) is 155 Å². The van der Waals surface area contributed by atoms with Gasteiger partial charge in [-0.3, -0.25) is 24.9 Å². The van der Waals surface area contributed by atoms with Crippen LogP contribution in [0.1, 0.15) is 54.0 Å². The standard InChI is InChI=1S/C35H42F3N3O8/c1-2-3-7-16-39-33(43)29(21-26-12-15-31(47-17-18-48-45)27(19-26)23-49-46)41-34(44)30(20-24-8-5-4-6-9-24)40-32(42)22-25-10-13-28(14-11-25)35(36,37)38/h4-6,8-15,19,29-30,45-46H,2-3,7,16-18,20-23H2,1H3,(H,39,43)(H,40,42)(H,41,44). The molecule has 0 aliphatic rings. The van der Waals surface area contributed by atoms with E-state index in [1.165, 1.54) is 12.1 Å². The van der Waals surface area contributed by atoms with Gasteiger partial charge in [-0.2, -0.15) is 13.2 Å². The summed E-state index contributed by atoms with van der Waals surface area (Å²) in [5, 5.41) is 26.0. The molecular formula is C35H42F3N3O8. The number of ether oxygens (including phenoxy) is 1. The van der Waals surface area contributed by atoms with Gasteiger partial charge in [0.1, 0.15) is 37.7 Å². The Bertz CT molecular complexity index is 1470. The van der Waals surface area contributed by atoms with E-state index in [2.05, 4.69) is 25.7 Å². The van der Waals surface area contributed by atoms with Crippen LogP contribution in [0.25, 0.3) is 0 Å². The minimum absolute atomic E-state index is 0.0144. The summed E-state index contributed by atoms with van der Waals surface area (Å²) >= 11 is 0. The molecule has 0 bridgehead atoms. The number of carbonyl (C=O) groups excluding carboxylic acids is 3. The predicted octanol–water partition coefficient (Wildman–Crippen LogP) is 4.87. The fourth-order valence-corrected chi connectivity index (χ4v) is 5.00. The summed E-state index contributed by atoms with van der Waals surface area (Å²) < 4.78 is 44.5. The van der Waals surface area contributed by atoms with Crippen molar-refractivity contribution in [3.8, 4) is 5.75 Å². The summed E-state index contributed by atoms with van der Waals surface area (Å²) in [6, 6.07) is 15.8. The summed E-state index contributed by atoms with van der Waals surface area (Å²) in [6.07, 6.45) is -2.10. The number of halogens is 3. The third kappa shape index (κ3) is 13.5. The van der Waals surface area contributed by atoms with Gasteiger partial charge in [-0.05, 0) is 47.4 Å². The molecule has 2 atom stereocenters. The summed E-state index contributed by atoms with van der Waals surface area (Å²) in [6.45, 7) is 2.09. The molecule has 0 radical (unpaired) electrons. The van der Waals surface area contributed by atoms with E-state index in [9.17, 15) is 27.6 Å². The van der Waals surface area contributed by atoms with E-state index >= 15 is 0 Å². The summed E-state index contributed by atoms with van der Waals surface area (Å²) in [5.41, 5.74) is 1.25. The van der Waals surface area contributed by atoms with Crippen LogP contribution in [0.2, 0.25) is 0 Å². The lowest BCUT2D eigenvalue weighted by Gasteiger charge is -2.24. The Kier molecular flexibility index (Phi) is 16.0. The maximum Gasteiger partial charge on any atom is 0.416 e. The molecule has 0 aromatic heterocycles. The maximum atomic E-state index is 13.8. The molecule has 5 N–H and O–H groups in total. The third-order valence-corrected chi connectivity index (χ3v) is 7.51. The number of amides is 3. The van der Waals surface area contributed by atoms with E-state index in [0.29, 0.717) is 29.0 Å². The maximum absolute atomic E-state index is 13.8. The number of benzene rings is 3. The van der Waals surface area contributed by atoms with Gasteiger partial charge in [-0.1, -0.05) is 68.3 Å².